The SMILES string of the molecule is [2H]C([2H])([2H])n1ncc(Br)n1. The fourth-order valence-electron chi connectivity index (χ4n) is 0.244. The third-order valence-electron chi connectivity index (χ3n) is 0.464. The smallest absolute Gasteiger partial charge is 0.148 e. The van der Waals surface area contributed by atoms with Crippen LogP contribution in [0.15, 0.2) is 10.8 Å². The van der Waals surface area contributed by atoms with E-state index in [2.05, 4.69) is 26.1 Å². The van der Waals surface area contributed by atoms with Crippen molar-refractivity contribution in [2.75, 3.05) is 0 Å². The fourth-order valence-corrected chi connectivity index (χ4v) is 0.486. The molecule has 0 aliphatic carbocycles. The molecule has 0 aromatic carbocycles. The van der Waals surface area contributed by atoms with Gasteiger partial charge in [-0.15, -0.1) is 5.10 Å². The average Bonchev–Trinajstić information content (AvgIpc) is 2.11. The van der Waals surface area contributed by atoms with Crippen molar-refractivity contribution in [3.05, 3.63) is 10.8 Å². The standard InChI is InChI=1S/C3H4BrN3/c1-7-5-2-3(4)6-7/h2H,1H3/i1D3. The van der Waals surface area contributed by atoms with Gasteiger partial charge in [0.05, 0.1) is 6.20 Å². The number of rotatable bonds is 0. The second-order valence-electron chi connectivity index (χ2n) is 0.957. The van der Waals surface area contributed by atoms with Crippen LogP contribution in [0.5, 0.6) is 0 Å². The number of halogens is 1. The van der Waals surface area contributed by atoms with Crippen molar-refractivity contribution >= 4 is 15.9 Å². The largest absolute Gasteiger partial charge is 0.187 e. The lowest BCUT2D eigenvalue weighted by Crippen LogP contribution is -1.90. The summed E-state index contributed by atoms with van der Waals surface area (Å²) in [6, 6.07) is 0. The average molecular weight is 165 g/mol. The van der Waals surface area contributed by atoms with Crippen molar-refractivity contribution in [2.24, 2.45) is 6.98 Å². The van der Waals surface area contributed by atoms with Gasteiger partial charge >= 0.3 is 0 Å². The van der Waals surface area contributed by atoms with Gasteiger partial charge in [0.1, 0.15) is 4.60 Å². The summed E-state index contributed by atoms with van der Waals surface area (Å²) in [4.78, 5) is 0.678. The van der Waals surface area contributed by atoms with Crippen LogP contribution >= 0.6 is 15.9 Å². The summed E-state index contributed by atoms with van der Waals surface area (Å²) in [6.07, 6.45) is 1.33. The number of hydrogen-bond acceptors (Lipinski definition) is 2. The first-order valence-corrected chi connectivity index (χ1v) is 2.38. The summed E-state index contributed by atoms with van der Waals surface area (Å²) in [5.41, 5.74) is 0. The van der Waals surface area contributed by atoms with Crippen LogP contribution in [0.3, 0.4) is 0 Å². The Morgan fingerprint density at radius 3 is 3.29 bits per heavy atom. The molecule has 0 spiro atoms. The number of nitrogens with zero attached hydrogens (tertiary/aromatic N) is 3. The van der Waals surface area contributed by atoms with E-state index >= 15 is 0 Å². The quantitative estimate of drug-likeness (QED) is 0.562. The zero-order valence-electron chi connectivity index (χ0n) is 6.30. The van der Waals surface area contributed by atoms with Gasteiger partial charge in [0, 0.05) is 11.1 Å². The maximum absolute atomic E-state index is 6.84. The Labute approximate surface area is 53.7 Å². The lowest BCUT2D eigenvalue weighted by molar-refractivity contribution is 0.651. The first-order valence-electron chi connectivity index (χ1n) is 3.08. The summed E-state index contributed by atoms with van der Waals surface area (Å²) in [7, 11) is 0. The second kappa shape index (κ2) is 1.61. The molecule has 0 fully saturated rings. The molecule has 1 aromatic heterocycles. The molecule has 1 heterocycles. The maximum atomic E-state index is 6.84. The highest BCUT2D eigenvalue weighted by molar-refractivity contribution is 9.10. The van der Waals surface area contributed by atoms with E-state index in [9.17, 15) is 0 Å². The molecule has 4 heteroatoms. The van der Waals surface area contributed by atoms with Crippen molar-refractivity contribution < 1.29 is 4.11 Å². The van der Waals surface area contributed by atoms with E-state index in [4.69, 9.17) is 4.11 Å². The van der Waals surface area contributed by atoms with Gasteiger partial charge in [-0.05, 0) is 15.9 Å². The summed E-state index contributed by atoms with van der Waals surface area (Å²) in [5, 5.41) is 7.02. The highest BCUT2D eigenvalue weighted by Crippen LogP contribution is 1.98. The molecule has 7 heavy (non-hydrogen) atoms. The fraction of sp³-hybridized carbons (Fsp3) is 0.333. The Morgan fingerprint density at radius 2 is 3.00 bits per heavy atom. The first kappa shape index (κ1) is 2.26. The van der Waals surface area contributed by atoms with Crippen LogP contribution in [-0.4, -0.2) is 15.0 Å². The van der Waals surface area contributed by atoms with Crippen molar-refractivity contribution in [2.45, 2.75) is 0 Å². The molecule has 38 valence electrons. The molecule has 0 aliphatic rings. The van der Waals surface area contributed by atoms with Gasteiger partial charge in [-0.25, -0.2) is 0 Å². The summed E-state index contributed by atoms with van der Waals surface area (Å²) < 4.78 is 20.9. The summed E-state index contributed by atoms with van der Waals surface area (Å²) in [5.74, 6) is 0. The van der Waals surface area contributed by atoms with Crippen molar-refractivity contribution in [3.8, 4) is 0 Å². The molecule has 0 N–H and O–H groups in total. The van der Waals surface area contributed by atoms with Crippen LogP contribution in [0.2, 0.25) is 0 Å². The lowest BCUT2D eigenvalue weighted by Gasteiger charge is -1.76. The Balaban J connectivity index is 2.96. The van der Waals surface area contributed by atoms with Crippen molar-refractivity contribution in [1.82, 2.24) is 15.0 Å². The van der Waals surface area contributed by atoms with Gasteiger partial charge in [0.15, 0.2) is 0 Å². The minimum Gasteiger partial charge on any atom is -0.187 e. The topological polar surface area (TPSA) is 30.7 Å². The molecule has 0 radical (unpaired) electrons. The Morgan fingerprint density at radius 1 is 2.14 bits per heavy atom. The zero-order valence-corrected chi connectivity index (χ0v) is 4.88. The van der Waals surface area contributed by atoms with Crippen LogP contribution in [0.25, 0.3) is 0 Å². The number of aryl methyl sites for hydroxylation is 1. The van der Waals surface area contributed by atoms with Crippen LogP contribution < -0.4 is 0 Å². The zero-order chi connectivity index (χ0) is 7.78. The molecule has 0 bridgehead atoms. The van der Waals surface area contributed by atoms with Gasteiger partial charge in [0.25, 0.3) is 0 Å². The highest BCUT2D eigenvalue weighted by atomic mass is 79.9. The maximum Gasteiger partial charge on any atom is 0.148 e. The van der Waals surface area contributed by atoms with Gasteiger partial charge in [-0.1, -0.05) is 0 Å². The third kappa shape index (κ3) is 0.991. The van der Waals surface area contributed by atoms with E-state index in [-0.39, 0.29) is 0 Å². The Bertz CT molecular complexity index is 229. The molecular weight excluding hydrogens is 158 g/mol. The van der Waals surface area contributed by atoms with E-state index < -0.39 is 6.98 Å². The van der Waals surface area contributed by atoms with Gasteiger partial charge in [-0.2, -0.15) is 9.90 Å². The number of aromatic nitrogens is 3. The molecule has 0 atom stereocenters. The van der Waals surface area contributed by atoms with Gasteiger partial charge in [0.2, 0.25) is 0 Å². The first-order chi connectivity index (χ1) is 4.50. The monoisotopic (exact) mass is 164 g/mol. The predicted octanol–water partition coefficient (Wildman–Crippen LogP) is 0.578. The molecule has 1 aromatic rings. The molecular formula is C3H4BrN3. The summed E-state index contributed by atoms with van der Waals surface area (Å²) in [6.45, 7) is -2.27. The third-order valence-corrected chi connectivity index (χ3v) is 0.827. The normalized spacial score (nSPS) is 17.6. The molecule has 0 saturated carbocycles. The van der Waals surface area contributed by atoms with E-state index in [0.717, 1.165) is 0 Å². The number of hydrogen-bond donors (Lipinski definition) is 0. The molecule has 0 amide bonds. The van der Waals surface area contributed by atoms with E-state index in [0.29, 0.717) is 9.40 Å². The van der Waals surface area contributed by atoms with Crippen LogP contribution in [0, 0.1) is 0 Å². The van der Waals surface area contributed by atoms with Crippen LogP contribution in [0.4, 0.5) is 0 Å². The highest BCUT2D eigenvalue weighted by Gasteiger charge is 1.85. The molecule has 0 unspecified atom stereocenters. The van der Waals surface area contributed by atoms with Gasteiger partial charge < -0.3 is 0 Å². The summed E-state index contributed by atoms with van der Waals surface area (Å²) >= 11 is 2.98. The van der Waals surface area contributed by atoms with Crippen LogP contribution in [0.1, 0.15) is 4.11 Å². The Kier molecular flexibility index (Phi) is 0.521. The van der Waals surface area contributed by atoms with E-state index in [1.165, 1.54) is 6.20 Å². The second-order valence-corrected chi connectivity index (χ2v) is 1.77. The molecule has 0 aliphatic heterocycles. The Hall–Kier alpha value is -0.380. The lowest BCUT2D eigenvalue weighted by atomic mass is 11.0. The van der Waals surface area contributed by atoms with Crippen molar-refractivity contribution in [1.29, 1.82) is 0 Å². The van der Waals surface area contributed by atoms with E-state index in [1.807, 2.05) is 0 Å². The van der Waals surface area contributed by atoms with Gasteiger partial charge in [-0.3, -0.25) is 0 Å². The molecule has 3 nitrogen and oxygen atoms in total. The molecule has 0 saturated heterocycles. The minimum atomic E-state index is -2.27. The van der Waals surface area contributed by atoms with Crippen molar-refractivity contribution in [3.63, 3.8) is 0 Å². The molecule has 1 rings (SSSR count). The predicted molar refractivity (Wildman–Crippen MR) is 28.7 cm³/mol. The van der Waals surface area contributed by atoms with Crippen LogP contribution in [-0.2, 0) is 6.98 Å². The van der Waals surface area contributed by atoms with E-state index in [1.54, 1.807) is 0 Å². The minimum absolute atomic E-state index is 0.420.